The quantitative estimate of drug-likeness (QED) is 0.161. The summed E-state index contributed by atoms with van der Waals surface area (Å²) in [5.41, 5.74) is 14.9. The average Bonchev–Trinajstić information content (AvgIpc) is 3.92. The van der Waals surface area contributed by atoms with Crippen molar-refractivity contribution in [1.82, 2.24) is 15.0 Å². The first-order chi connectivity index (χ1) is 30.7. The number of nitrogens with zero attached hydrogens (tertiary/aromatic N) is 3. The van der Waals surface area contributed by atoms with Crippen molar-refractivity contribution in [3.63, 3.8) is 0 Å². The fourth-order valence-corrected chi connectivity index (χ4v) is 8.75. The van der Waals surface area contributed by atoms with Crippen LogP contribution >= 0.6 is 0 Å². The van der Waals surface area contributed by atoms with E-state index < -0.39 is 0 Å². The molecule has 0 aliphatic carbocycles. The third-order valence-electron chi connectivity index (χ3n) is 11.7. The van der Waals surface area contributed by atoms with Crippen LogP contribution in [0.2, 0.25) is 0 Å². The highest BCUT2D eigenvalue weighted by atomic mass is 16.3. The van der Waals surface area contributed by atoms with Crippen LogP contribution in [0.5, 0.6) is 0 Å². The first-order valence-corrected chi connectivity index (χ1v) is 20.7. The van der Waals surface area contributed by atoms with Gasteiger partial charge in [-0.15, -0.1) is 0 Å². The SMILES string of the molecule is c1ccc(-c2cc(-c3cccc(-c4nc(-c5ccccc5)nc(-c5ccc6c(c5)oc5ccccc56)n4)c3)c(-c3ccccc3)c(-c3ccc4oc5ccccc5c4c3)c2)cc1. The third kappa shape index (κ3) is 6.23. The Balaban J connectivity index is 1.07. The van der Waals surface area contributed by atoms with Gasteiger partial charge in [0.1, 0.15) is 22.3 Å². The fourth-order valence-electron chi connectivity index (χ4n) is 8.75. The summed E-state index contributed by atoms with van der Waals surface area (Å²) >= 11 is 0. The van der Waals surface area contributed by atoms with E-state index in [1.807, 2.05) is 66.7 Å². The zero-order valence-corrected chi connectivity index (χ0v) is 33.4. The van der Waals surface area contributed by atoms with Gasteiger partial charge in [0.15, 0.2) is 17.5 Å². The van der Waals surface area contributed by atoms with Crippen LogP contribution < -0.4 is 0 Å². The van der Waals surface area contributed by atoms with E-state index in [4.69, 9.17) is 23.8 Å². The van der Waals surface area contributed by atoms with Gasteiger partial charge in [-0.25, -0.2) is 15.0 Å². The highest BCUT2D eigenvalue weighted by Gasteiger charge is 2.20. The summed E-state index contributed by atoms with van der Waals surface area (Å²) in [4.78, 5) is 15.4. The van der Waals surface area contributed by atoms with Crippen molar-refractivity contribution in [1.29, 1.82) is 0 Å². The smallest absolute Gasteiger partial charge is 0.164 e. The Morgan fingerprint density at radius 2 is 0.694 bits per heavy atom. The summed E-state index contributed by atoms with van der Waals surface area (Å²) in [5.74, 6) is 1.75. The van der Waals surface area contributed by atoms with Crippen LogP contribution in [0.4, 0.5) is 0 Å². The molecule has 0 saturated carbocycles. The van der Waals surface area contributed by atoms with Crippen LogP contribution in [0.15, 0.2) is 221 Å². The maximum absolute atomic E-state index is 6.30. The molecule has 0 spiro atoms. The van der Waals surface area contributed by atoms with Gasteiger partial charge in [-0.1, -0.05) is 158 Å². The number of para-hydroxylation sites is 2. The molecule has 12 aromatic rings. The Hall–Kier alpha value is -8.41. The highest BCUT2D eigenvalue weighted by molar-refractivity contribution is 6.08. The van der Waals surface area contributed by atoms with Crippen LogP contribution in [0.25, 0.3) is 123 Å². The van der Waals surface area contributed by atoms with Crippen LogP contribution in [0, 0.1) is 0 Å². The topological polar surface area (TPSA) is 65.0 Å². The monoisotopic (exact) mass is 793 g/mol. The molecule has 0 N–H and O–H groups in total. The molecule has 0 aliphatic heterocycles. The number of rotatable bonds is 7. The minimum Gasteiger partial charge on any atom is -0.456 e. The number of aromatic nitrogens is 3. The van der Waals surface area contributed by atoms with E-state index in [1.165, 1.54) is 0 Å². The first kappa shape index (κ1) is 35.5. The molecule has 3 aromatic heterocycles. The number of hydrogen-bond donors (Lipinski definition) is 0. The summed E-state index contributed by atoms with van der Waals surface area (Å²) in [6.45, 7) is 0. The molecule has 290 valence electrons. The molecular weight excluding hydrogens is 759 g/mol. The molecule has 0 atom stereocenters. The summed E-state index contributed by atoms with van der Waals surface area (Å²) < 4.78 is 12.6. The second kappa shape index (κ2) is 14.7. The van der Waals surface area contributed by atoms with Gasteiger partial charge in [-0.05, 0) is 99.1 Å². The molecule has 0 aliphatic rings. The van der Waals surface area contributed by atoms with Gasteiger partial charge in [0.05, 0.1) is 0 Å². The summed E-state index contributed by atoms with van der Waals surface area (Å²) in [7, 11) is 0. The molecule has 0 radical (unpaired) electrons. The number of benzene rings is 9. The van der Waals surface area contributed by atoms with Gasteiger partial charge < -0.3 is 8.83 Å². The lowest BCUT2D eigenvalue weighted by molar-refractivity contribution is 0.668. The molecule has 5 heteroatoms. The maximum Gasteiger partial charge on any atom is 0.164 e. The van der Waals surface area contributed by atoms with E-state index in [0.717, 1.165) is 105 Å². The van der Waals surface area contributed by atoms with Crippen LogP contribution in [0.3, 0.4) is 0 Å². The lowest BCUT2D eigenvalue weighted by Gasteiger charge is -2.19. The molecule has 0 saturated heterocycles. The van der Waals surface area contributed by atoms with E-state index in [9.17, 15) is 0 Å². The standard InChI is InChI=1S/C57H35N3O2/c1-4-15-36(16-5-1)43-33-47(54(37-17-6-2-7-18-37)48(34-43)40-28-30-52-49(32-40)45-24-11-13-26-51(45)61-52)39-21-14-22-41(31-39)56-58-55(38-19-8-3-9-20-38)59-57(60-56)42-27-29-46-44-23-10-12-25-50(44)62-53(46)35-42/h1-35H. The molecule has 3 heterocycles. The largest absolute Gasteiger partial charge is 0.456 e. The summed E-state index contributed by atoms with van der Waals surface area (Å²) in [6, 6.07) is 73.7. The fraction of sp³-hybridized carbons (Fsp3) is 0. The van der Waals surface area contributed by atoms with Crippen molar-refractivity contribution in [3.05, 3.63) is 212 Å². The van der Waals surface area contributed by atoms with Gasteiger partial charge in [0.25, 0.3) is 0 Å². The van der Waals surface area contributed by atoms with E-state index in [0.29, 0.717) is 17.5 Å². The second-order valence-corrected chi connectivity index (χ2v) is 15.5. The minimum absolute atomic E-state index is 0.571. The van der Waals surface area contributed by atoms with Crippen molar-refractivity contribution in [2.45, 2.75) is 0 Å². The Morgan fingerprint density at radius 1 is 0.242 bits per heavy atom. The highest BCUT2D eigenvalue weighted by Crippen LogP contribution is 2.45. The Bertz CT molecular complexity index is 3630. The molecule has 5 nitrogen and oxygen atoms in total. The molecule has 0 bridgehead atoms. The number of furan rings is 2. The molecule has 0 unspecified atom stereocenters. The third-order valence-corrected chi connectivity index (χ3v) is 11.7. The van der Waals surface area contributed by atoms with Crippen molar-refractivity contribution in [2.24, 2.45) is 0 Å². The second-order valence-electron chi connectivity index (χ2n) is 15.5. The van der Waals surface area contributed by atoms with Crippen LogP contribution in [0.1, 0.15) is 0 Å². The zero-order chi connectivity index (χ0) is 41.0. The summed E-state index contributed by atoms with van der Waals surface area (Å²) in [6.07, 6.45) is 0. The zero-order valence-electron chi connectivity index (χ0n) is 33.4. The number of hydrogen-bond acceptors (Lipinski definition) is 5. The van der Waals surface area contributed by atoms with Gasteiger partial charge >= 0.3 is 0 Å². The van der Waals surface area contributed by atoms with Crippen LogP contribution in [-0.4, -0.2) is 15.0 Å². The predicted octanol–water partition coefficient (Wildman–Crippen LogP) is 15.3. The lowest BCUT2D eigenvalue weighted by atomic mass is 9.84. The van der Waals surface area contributed by atoms with E-state index in [2.05, 4.69) is 146 Å². The Kier molecular flexibility index (Phi) is 8.42. The average molecular weight is 794 g/mol. The van der Waals surface area contributed by atoms with E-state index >= 15 is 0 Å². The van der Waals surface area contributed by atoms with Crippen molar-refractivity contribution >= 4 is 43.9 Å². The van der Waals surface area contributed by atoms with Crippen molar-refractivity contribution < 1.29 is 8.83 Å². The normalized spacial score (nSPS) is 11.5. The molecular formula is C57H35N3O2. The first-order valence-electron chi connectivity index (χ1n) is 20.7. The summed E-state index contributed by atoms with van der Waals surface area (Å²) in [5, 5.41) is 4.32. The lowest BCUT2D eigenvalue weighted by Crippen LogP contribution is -2.00. The van der Waals surface area contributed by atoms with Crippen LogP contribution in [-0.2, 0) is 0 Å². The van der Waals surface area contributed by atoms with Gasteiger partial charge in [-0.2, -0.15) is 0 Å². The number of fused-ring (bicyclic) bond motifs is 6. The Labute approximate surface area is 357 Å². The Morgan fingerprint density at radius 3 is 1.37 bits per heavy atom. The minimum atomic E-state index is 0.571. The maximum atomic E-state index is 6.30. The van der Waals surface area contributed by atoms with E-state index in [1.54, 1.807) is 0 Å². The van der Waals surface area contributed by atoms with Gasteiger partial charge in [-0.3, -0.25) is 0 Å². The molecule has 9 aromatic carbocycles. The molecule has 62 heavy (non-hydrogen) atoms. The van der Waals surface area contributed by atoms with E-state index in [-0.39, 0.29) is 0 Å². The van der Waals surface area contributed by atoms with Crippen molar-refractivity contribution in [2.75, 3.05) is 0 Å². The van der Waals surface area contributed by atoms with Gasteiger partial charge in [0, 0.05) is 38.2 Å². The molecule has 12 rings (SSSR count). The van der Waals surface area contributed by atoms with Crippen molar-refractivity contribution in [3.8, 4) is 78.7 Å². The van der Waals surface area contributed by atoms with Gasteiger partial charge in [0.2, 0.25) is 0 Å². The molecule has 0 amide bonds. The predicted molar refractivity (Wildman–Crippen MR) is 252 cm³/mol. The molecule has 0 fully saturated rings.